The zero-order valence-corrected chi connectivity index (χ0v) is 14.3. The largest absolute Gasteiger partial charge is 0.550 e. The average molecular weight is 389 g/mol. The van der Waals surface area contributed by atoms with E-state index in [9.17, 15) is 14.7 Å². The lowest BCUT2D eigenvalue weighted by Crippen LogP contribution is -2.46. The lowest BCUT2D eigenvalue weighted by atomic mass is 9.74. The van der Waals surface area contributed by atoms with Gasteiger partial charge in [0.1, 0.15) is 5.60 Å². The van der Waals surface area contributed by atoms with Gasteiger partial charge in [0.15, 0.2) is 0 Å². The Morgan fingerprint density at radius 2 is 2.12 bits per heavy atom. The first-order valence-corrected chi connectivity index (χ1v) is 8.56. The van der Waals surface area contributed by atoms with Crippen LogP contribution in [-0.4, -0.2) is 29.6 Å². The lowest BCUT2D eigenvalue weighted by Gasteiger charge is -2.32. The number of anilines is 1. The van der Waals surface area contributed by atoms with Crippen molar-refractivity contribution in [2.45, 2.75) is 24.2 Å². The molecule has 0 aliphatic carbocycles. The Hall–Kier alpha value is -1.92. The molecule has 5 nitrogen and oxygen atoms in total. The van der Waals surface area contributed by atoms with Gasteiger partial charge in [0.2, 0.25) is 5.91 Å². The van der Waals surface area contributed by atoms with Crippen LogP contribution in [0.15, 0.2) is 53.5 Å². The minimum absolute atomic E-state index is 0.231. The van der Waals surface area contributed by atoms with Crippen molar-refractivity contribution in [1.29, 1.82) is 0 Å². The van der Waals surface area contributed by atoms with E-state index in [4.69, 9.17) is 4.74 Å². The van der Waals surface area contributed by atoms with Crippen LogP contribution in [0.2, 0.25) is 0 Å². The van der Waals surface area contributed by atoms with Crippen molar-refractivity contribution >= 4 is 33.5 Å². The highest BCUT2D eigenvalue weighted by Gasteiger charge is 2.69. The number of ether oxygens (including phenoxy) is 1. The molecule has 2 bridgehead atoms. The van der Waals surface area contributed by atoms with Gasteiger partial charge in [-0.2, -0.15) is 0 Å². The Labute approximate surface area is 147 Å². The minimum Gasteiger partial charge on any atom is -0.550 e. The van der Waals surface area contributed by atoms with Crippen molar-refractivity contribution in [3.63, 3.8) is 0 Å². The van der Waals surface area contributed by atoms with E-state index in [-0.39, 0.29) is 11.9 Å². The topological polar surface area (TPSA) is 69.7 Å². The molecule has 0 aromatic heterocycles. The van der Waals surface area contributed by atoms with Gasteiger partial charge in [-0.25, -0.2) is 0 Å². The summed E-state index contributed by atoms with van der Waals surface area (Å²) in [4.78, 5) is 26.4. The fourth-order valence-electron chi connectivity index (χ4n) is 4.28. The van der Waals surface area contributed by atoms with E-state index < -0.39 is 29.5 Å². The molecule has 1 aromatic carbocycles. The Balaban J connectivity index is 1.83. The number of hydrogen-bond donors (Lipinski definition) is 0. The van der Waals surface area contributed by atoms with Crippen LogP contribution in [0.25, 0.3) is 0 Å². The Morgan fingerprint density at radius 3 is 2.75 bits per heavy atom. The summed E-state index contributed by atoms with van der Waals surface area (Å²) >= 11 is 3.38. The van der Waals surface area contributed by atoms with E-state index in [2.05, 4.69) is 22.5 Å². The van der Waals surface area contributed by atoms with Gasteiger partial charge in [0.05, 0.1) is 18.1 Å². The number of benzene rings is 1. The monoisotopic (exact) mass is 388 g/mol. The summed E-state index contributed by atoms with van der Waals surface area (Å²) in [6, 6.07) is 7.05. The van der Waals surface area contributed by atoms with Gasteiger partial charge in [0, 0.05) is 22.0 Å². The summed E-state index contributed by atoms with van der Waals surface area (Å²) in [5.41, 5.74) is -0.204. The first kappa shape index (κ1) is 15.6. The highest BCUT2D eigenvalue weighted by atomic mass is 79.9. The molecule has 2 saturated heterocycles. The highest BCUT2D eigenvalue weighted by Crippen LogP contribution is 2.56. The predicted octanol–water partition coefficient (Wildman–Crippen LogP) is 1.43. The SMILES string of the molecule is C=CC[C@H]1N(c2ccc(Br)cc2)C(=O)[C@H]2[C@@H](C(=O)[O-])[C@@H]3C=C[C@]21O3. The molecule has 3 aliphatic heterocycles. The number of halogens is 1. The normalized spacial score (nSPS) is 36.2. The molecule has 5 atom stereocenters. The van der Waals surface area contributed by atoms with Crippen molar-refractivity contribution in [1.82, 2.24) is 0 Å². The van der Waals surface area contributed by atoms with Crippen LogP contribution >= 0.6 is 15.9 Å². The molecule has 3 heterocycles. The Morgan fingerprint density at radius 1 is 1.42 bits per heavy atom. The smallest absolute Gasteiger partial charge is 0.234 e. The first-order chi connectivity index (χ1) is 11.5. The predicted molar refractivity (Wildman–Crippen MR) is 89.0 cm³/mol. The van der Waals surface area contributed by atoms with Gasteiger partial charge in [-0.3, -0.25) is 4.79 Å². The van der Waals surface area contributed by atoms with Gasteiger partial charge in [-0.05, 0) is 30.7 Å². The van der Waals surface area contributed by atoms with E-state index in [1.165, 1.54) is 0 Å². The Kier molecular flexibility index (Phi) is 3.44. The molecular weight excluding hydrogens is 374 g/mol. The number of carbonyl (C=O) groups is 2. The minimum atomic E-state index is -1.24. The molecule has 0 unspecified atom stereocenters. The van der Waals surface area contributed by atoms with Crippen molar-refractivity contribution in [3.8, 4) is 0 Å². The third-order valence-corrected chi connectivity index (χ3v) is 5.72. The fraction of sp³-hybridized carbons (Fsp3) is 0.333. The number of rotatable bonds is 4. The summed E-state index contributed by atoms with van der Waals surface area (Å²) in [5, 5.41) is 11.6. The van der Waals surface area contributed by atoms with Crippen molar-refractivity contribution in [2.24, 2.45) is 11.8 Å². The van der Waals surface area contributed by atoms with Gasteiger partial charge in [0.25, 0.3) is 0 Å². The zero-order valence-electron chi connectivity index (χ0n) is 12.7. The molecule has 0 radical (unpaired) electrons. The number of nitrogens with zero attached hydrogens (tertiary/aromatic N) is 1. The maximum Gasteiger partial charge on any atom is 0.234 e. The van der Waals surface area contributed by atoms with Crippen molar-refractivity contribution in [3.05, 3.63) is 53.5 Å². The second-order valence-corrected chi connectivity index (χ2v) is 7.26. The summed E-state index contributed by atoms with van der Waals surface area (Å²) in [6.45, 7) is 3.78. The van der Waals surface area contributed by atoms with Crippen LogP contribution in [0.5, 0.6) is 0 Å². The number of carbonyl (C=O) groups excluding carboxylic acids is 2. The number of amides is 1. The quantitative estimate of drug-likeness (QED) is 0.731. The third-order valence-electron chi connectivity index (χ3n) is 5.19. The molecule has 4 rings (SSSR count). The van der Waals surface area contributed by atoms with Crippen LogP contribution in [-0.2, 0) is 14.3 Å². The maximum absolute atomic E-state index is 13.1. The molecule has 0 saturated carbocycles. The molecule has 0 N–H and O–H groups in total. The van der Waals surface area contributed by atoms with E-state index in [1.54, 1.807) is 17.1 Å². The molecule has 1 amide bonds. The van der Waals surface area contributed by atoms with E-state index >= 15 is 0 Å². The fourth-order valence-corrected chi connectivity index (χ4v) is 4.54. The average Bonchev–Trinajstić information content (AvgIpc) is 3.18. The van der Waals surface area contributed by atoms with Gasteiger partial charge in [-0.15, -0.1) is 6.58 Å². The van der Waals surface area contributed by atoms with Crippen LogP contribution in [0, 0.1) is 11.8 Å². The molecule has 1 aromatic rings. The van der Waals surface area contributed by atoms with Crippen molar-refractivity contribution < 1.29 is 19.4 Å². The summed E-state index contributed by atoms with van der Waals surface area (Å²) in [7, 11) is 0. The highest BCUT2D eigenvalue weighted by molar-refractivity contribution is 9.10. The molecule has 3 aliphatic rings. The number of aliphatic carboxylic acids is 1. The van der Waals surface area contributed by atoms with Crippen LogP contribution in [0.1, 0.15) is 6.42 Å². The number of carboxylic acids is 1. The molecule has 1 spiro atoms. The van der Waals surface area contributed by atoms with E-state index in [0.29, 0.717) is 6.42 Å². The lowest BCUT2D eigenvalue weighted by molar-refractivity contribution is -0.313. The molecular formula is C18H15BrNO4-. The molecule has 124 valence electrons. The van der Waals surface area contributed by atoms with E-state index in [1.807, 2.05) is 30.3 Å². The molecule has 6 heteroatoms. The van der Waals surface area contributed by atoms with Crippen LogP contribution in [0.4, 0.5) is 5.69 Å². The summed E-state index contributed by atoms with van der Waals surface area (Å²) < 4.78 is 6.92. The maximum atomic E-state index is 13.1. The number of fused-ring (bicyclic) bond motifs is 1. The van der Waals surface area contributed by atoms with Gasteiger partial charge < -0.3 is 19.5 Å². The van der Waals surface area contributed by atoms with Gasteiger partial charge in [-0.1, -0.05) is 34.2 Å². The third kappa shape index (κ3) is 1.90. The number of carboxylic acid groups (broad SMARTS) is 1. The van der Waals surface area contributed by atoms with E-state index in [0.717, 1.165) is 10.2 Å². The Bertz CT molecular complexity index is 759. The molecule has 2 fully saturated rings. The van der Waals surface area contributed by atoms with Crippen LogP contribution < -0.4 is 10.0 Å². The zero-order chi connectivity index (χ0) is 17.1. The summed E-state index contributed by atoms with van der Waals surface area (Å²) in [6.07, 6.45) is 5.24. The molecule has 24 heavy (non-hydrogen) atoms. The van der Waals surface area contributed by atoms with Crippen LogP contribution in [0.3, 0.4) is 0 Å². The first-order valence-electron chi connectivity index (χ1n) is 7.77. The second-order valence-electron chi connectivity index (χ2n) is 6.34. The standard InChI is InChI=1S/C18H16BrNO4/c1-2-3-13-18-9-8-12(24-18)14(17(22)23)15(18)16(21)20(13)11-6-4-10(19)5-7-11/h2,4-9,12-15H,1,3H2,(H,22,23)/p-1/t12-,13+,14-,15+,18+/m0/s1. The summed E-state index contributed by atoms with van der Waals surface area (Å²) in [5.74, 6) is -3.17. The van der Waals surface area contributed by atoms with Crippen molar-refractivity contribution in [2.75, 3.05) is 4.90 Å². The number of hydrogen-bond acceptors (Lipinski definition) is 4. The second kappa shape index (κ2) is 5.29. The van der Waals surface area contributed by atoms with Gasteiger partial charge >= 0.3 is 0 Å².